The molecule has 7 heteroatoms. The zero-order valence-electron chi connectivity index (χ0n) is 11.1. The fourth-order valence-corrected chi connectivity index (χ4v) is 1.51. The van der Waals surface area contributed by atoms with Gasteiger partial charge >= 0.3 is 0 Å². The highest BCUT2D eigenvalue weighted by atomic mass is 16.5. The molecule has 0 aliphatic rings. The van der Waals surface area contributed by atoms with Crippen LogP contribution in [-0.4, -0.2) is 28.0 Å². The van der Waals surface area contributed by atoms with E-state index >= 15 is 0 Å². The Hall–Kier alpha value is -2.70. The van der Waals surface area contributed by atoms with Crippen LogP contribution in [0.1, 0.15) is 23.0 Å². The summed E-state index contributed by atoms with van der Waals surface area (Å²) in [6.45, 7) is 3.30. The van der Waals surface area contributed by atoms with Gasteiger partial charge in [-0.15, -0.1) is 0 Å². The monoisotopic (exact) mass is 274 g/mol. The molecule has 20 heavy (non-hydrogen) atoms. The largest absolute Gasteiger partial charge is 0.360 e. The molecular formula is C13H14N4O3. The van der Waals surface area contributed by atoms with E-state index in [1.807, 2.05) is 0 Å². The molecule has 2 aromatic rings. The number of aromatic nitrogens is 2. The second kappa shape index (κ2) is 5.96. The van der Waals surface area contributed by atoms with Gasteiger partial charge in [-0.05, 0) is 26.0 Å². The number of anilines is 1. The molecule has 2 heterocycles. The summed E-state index contributed by atoms with van der Waals surface area (Å²) in [5, 5.41) is 8.78. The number of hydrogen-bond acceptors (Lipinski definition) is 5. The van der Waals surface area contributed by atoms with Crippen LogP contribution < -0.4 is 10.6 Å². The lowest BCUT2D eigenvalue weighted by molar-refractivity contribution is -0.117. The van der Waals surface area contributed by atoms with Crippen molar-refractivity contribution in [3.05, 3.63) is 41.9 Å². The van der Waals surface area contributed by atoms with Gasteiger partial charge in [-0.1, -0.05) is 5.16 Å². The Balaban J connectivity index is 1.92. The summed E-state index contributed by atoms with van der Waals surface area (Å²) in [4.78, 5) is 27.6. The quantitative estimate of drug-likeness (QED) is 0.871. The summed E-state index contributed by atoms with van der Waals surface area (Å²) in [5.74, 6) is 0.193. The maximum Gasteiger partial charge on any atom is 0.252 e. The number of aryl methyl sites for hydroxylation is 1. The molecule has 7 nitrogen and oxygen atoms in total. The van der Waals surface area contributed by atoms with Crippen molar-refractivity contribution in [2.75, 3.05) is 5.32 Å². The van der Waals surface area contributed by atoms with Crippen LogP contribution >= 0.6 is 0 Å². The minimum Gasteiger partial charge on any atom is -0.360 e. The summed E-state index contributed by atoms with van der Waals surface area (Å²) in [7, 11) is 0. The van der Waals surface area contributed by atoms with Gasteiger partial charge in [-0.3, -0.25) is 14.6 Å². The molecule has 2 amide bonds. The molecule has 1 atom stereocenters. The first-order valence-electron chi connectivity index (χ1n) is 6.01. The highest BCUT2D eigenvalue weighted by Crippen LogP contribution is 2.07. The first kappa shape index (κ1) is 13.7. The van der Waals surface area contributed by atoms with Crippen molar-refractivity contribution in [2.45, 2.75) is 19.9 Å². The third-order valence-corrected chi connectivity index (χ3v) is 2.56. The lowest BCUT2D eigenvalue weighted by atomic mass is 10.2. The SMILES string of the molecule is Cc1cc(NC(=O)[C@H](C)NC(=O)c2ccncc2)no1. The van der Waals surface area contributed by atoms with Gasteiger partial charge in [0, 0.05) is 24.0 Å². The van der Waals surface area contributed by atoms with E-state index in [1.165, 1.54) is 12.4 Å². The smallest absolute Gasteiger partial charge is 0.252 e. The first-order chi connectivity index (χ1) is 9.56. The van der Waals surface area contributed by atoms with Gasteiger partial charge in [0.15, 0.2) is 5.82 Å². The maximum atomic E-state index is 11.9. The third-order valence-electron chi connectivity index (χ3n) is 2.56. The van der Waals surface area contributed by atoms with Crippen molar-refractivity contribution >= 4 is 17.6 Å². The molecule has 2 N–H and O–H groups in total. The number of carbonyl (C=O) groups excluding carboxylic acids is 2. The predicted octanol–water partition coefficient (Wildman–Crippen LogP) is 1.14. The number of rotatable bonds is 4. The standard InChI is InChI=1S/C13H14N4O3/c1-8-7-11(17-20-8)16-12(18)9(2)15-13(19)10-3-5-14-6-4-10/h3-7,9H,1-2H3,(H,15,19)(H,16,17,18)/t9-/m0/s1. The summed E-state index contributed by atoms with van der Waals surface area (Å²) in [5.41, 5.74) is 0.442. The van der Waals surface area contributed by atoms with E-state index in [-0.39, 0.29) is 11.8 Å². The molecule has 0 saturated carbocycles. The van der Waals surface area contributed by atoms with Crippen molar-refractivity contribution in [3.63, 3.8) is 0 Å². The van der Waals surface area contributed by atoms with Crippen LogP contribution in [0.15, 0.2) is 35.1 Å². The lowest BCUT2D eigenvalue weighted by Crippen LogP contribution is -2.41. The zero-order chi connectivity index (χ0) is 14.5. The molecule has 0 unspecified atom stereocenters. The number of amides is 2. The molecule has 2 aromatic heterocycles. The minimum atomic E-state index is -0.701. The van der Waals surface area contributed by atoms with Gasteiger partial charge in [0.25, 0.3) is 5.91 Å². The van der Waals surface area contributed by atoms with Crippen LogP contribution in [0.2, 0.25) is 0 Å². The van der Waals surface area contributed by atoms with Crippen LogP contribution in [0, 0.1) is 6.92 Å². The van der Waals surface area contributed by atoms with Crippen molar-refractivity contribution in [1.29, 1.82) is 0 Å². The normalized spacial score (nSPS) is 11.7. The molecule has 104 valence electrons. The second-order valence-electron chi connectivity index (χ2n) is 4.24. The van der Waals surface area contributed by atoms with Crippen LogP contribution in [-0.2, 0) is 4.79 Å². The van der Waals surface area contributed by atoms with E-state index < -0.39 is 6.04 Å². The van der Waals surface area contributed by atoms with Gasteiger partial charge in [0.05, 0.1) is 0 Å². The van der Waals surface area contributed by atoms with Crippen molar-refractivity contribution < 1.29 is 14.1 Å². The average molecular weight is 274 g/mol. The summed E-state index contributed by atoms with van der Waals surface area (Å²) >= 11 is 0. The van der Waals surface area contributed by atoms with E-state index in [4.69, 9.17) is 4.52 Å². The van der Waals surface area contributed by atoms with E-state index in [0.717, 1.165) is 0 Å². The second-order valence-corrected chi connectivity index (χ2v) is 4.24. The van der Waals surface area contributed by atoms with E-state index in [9.17, 15) is 9.59 Å². The van der Waals surface area contributed by atoms with Crippen LogP contribution in [0.3, 0.4) is 0 Å². The minimum absolute atomic E-state index is 0.317. The van der Waals surface area contributed by atoms with Crippen molar-refractivity contribution in [3.8, 4) is 0 Å². The van der Waals surface area contributed by atoms with Gasteiger partial charge in [-0.25, -0.2) is 0 Å². The Morgan fingerprint density at radius 2 is 2.00 bits per heavy atom. The number of hydrogen-bond donors (Lipinski definition) is 2. The number of carbonyl (C=O) groups is 2. The fraction of sp³-hybridized carbons (Fsp3) is 0.231. The zero-order valence-corrected chi connectivity index (χ0v) is 11.1. The summed E-state index contributed by atoms with van der Waals surface area (Å²) < 4.78 is 4.84. The molecule has 0 radical (unpaired) electrons. The predicted molar refractivity (Wildman–Crippen MR) is 71.0 cm³/mol. The Labute approximate surface area is 115 Å². The average Bonchev–Trinajstić information content (AvgIpc) is 2.85. The summed E-state index contributed by atoms with van der Waals surface area (Å²) in [6.07, 6.45) is 3.02. The van der Waals surface area contributed by atoms with Crippen LogP contribution in [0.25, 0.3) is 0 Å². The van der Waals surface area contributed by atoms with Crippen molar-refractivity contribution in [1.82, 2.24) is 15.5 Å². The Morgan fingerprint density at radius 3 is 2.60 bits per heavy atom. The fourth-order valence-electron chi connectivity index (χ4n) is 1.51. The molecule has 0 fully saturated rings. The van der Waals surface area contributed by atoms with Gasteiger partial charge in [0.1, 0.15) is 11.8 Å². The van der Waals surface area contributed by atoms with Gasteiger partial charge in [-0.2, -0.15) is 0 Å². The van der Waals surface area contributed by atoms with Crippen LogP contribution in [0.5, 0.6) is 0 Å². The molecule has 0 bridgehead atoms. The van der Waals surface area contributed by atoms with Crippen LogP contribution in [0.4, 0.5) is 5.82 Å². The molecule has 0 spiro atoms. The number of pyridine rings is 1. The summed E-state index contributed by atoms with van der Waals surface area (Å²) in [6, 6.07) is 4.03. The Bertz CT molecular complexity index is 609. The highest BCUT2D eigenvalue weighted by Gasteiger charge is 2.17. The molecule has 0 aliphatic carbocycles. The Morgan fingerprint density at radius 1 is 1.30 bits per heavy atom. The van der Waals surface area contributed by atoms with E-state index in [2.05, 4.69) is 20.8 Å². The first-order valence-corrected chi connectivity index (χ1v) is 6.01. The maximum absolute atomic E-state index is 11.9. The topological polar surface area (TPSA) is 97.1 Å². The van der Waals surface area contributed by atoms with Gasteiger partial charge < -0.3 is 15.2 Å². The molecule has 0 aliphatic heterocycles. The molecule has 2 rings (SSSR count). The van der Waals surface area contributed by atoms with E-state index in [0.29, 0.717) is 17.1 Å². The van der Waals surface area contributed by atoms with E-state index in [1.54, 1.807) is 32.0 Å². The van der Waals surface area contributed by atoms with Crippen molar-refractivity contribution in [2.24, 2.45) is 0 Å². The Kier molecular flexibility index (Phi) is 4.09. The number of nitrogens with one attached hydrogen (secondary N) is 2. The molecular weight excluding hydrogens is 260 g/mol. The van der Waals surface area contributed by atoms with Gasteiger partial charge in [0.2, 0.25) is 5.91 Å². The lowest BCUT2D eigenvalue weighted by Gasteiger charge is -2.12. The molecule has 0 saturated heterocycles. The highest BCUT2D eigenvalue weighted by molar-refractivity contribution is 6.00. The third kappa shape index (κ3) is 3.41. The number of nitrogens with zero attached hydrogens (tertiary/aromatic N) is 2. The molecule has 0 aromatic carbocycles.